The Hall–Kier alpha value is -2.17. The quantitative estimate of drug-likeness (QED) is 0.604. The molecule has 1 N–H and O–H groups in total. The van der Waals surface area contributed by atoms with Crippen molar-refractivity contribution in [2.75, 3.05) is 44.7 Å². The number of sulfonamides is 1. The number of amides is 2. The maximum absolute atomic E-state index is 13.1. The maximum atomic E-state index is 13.1. The third-order valence-electron chi connectivity index (χ3n) is 6.25. The van der Waals surface area contributed by atoms with Crippen molar-refractivity contribution in [2.24, 2.45) is 5.92 Å². The summed E-state index contributed by atoms with van der Waals surface area (Å²) in [5.74, 6) is -1.38. The Kier molecular flexibility index (Phi) is 8.34. The van der Waals surface area contributed by atoms with Crippen molar-refractivity contribution >= 4 is 50.7 Å². The molecule has 8 nitrogen and oxygen atoms in total. The number of nitrogens with zero attached hydrogens (tertiary/aromatic N) is 2. The van der Waals surface area contributed by atoms with Gasteiger partial charge in [-0.2, -0.15) is 0 Å². The van der Waals surface area contributed by atoms with Crippen LogP contribution in [0.15, 0.2) is 42.5 Å². The van der Waals surface area contributed by atoms with E-state index in [0.29, 0.717) is 62.5 Å². The fraction of sp³-hybridized carbons (Fsp3) is 0.417. The number of carbonyl (C=O) groups is 2. The van der Waals surface area contributed by atoms with Crippen LogP contribution in [0.1, 0.15) is 28.8 Å². The summed E-state index contributed by atoms with van der Waals surface area (Å²) in [6, 6.07) is 11.7. The zero-order chi connectivity index (χ0) is 25.0. The van der Waals surface area contributed by atoms with Crippen molar-refractivity contribution in [1.82, 2.24) is 9.21 Å². The van der Waals surface area contributed by atoms with E-state index in [2.05, 4.69) is 5.32 Å². The lowest BCUT2D eigenvalue weighted by Crippen LogP contribution is -2.44. The average molecular weight is 540 g/mol. The molecule has 2 aromatic carbocycles. The van der Waals surface area contributed by atoms with Crippen LogP contribution in [0.3, 0.4) is 0 Å². The summed E-state index contributed by atoms with van der Waals surface area (Å²) >= 11 is 12.3. The lowest BCUT2D eigenvalue weighted by Gasteiger charge is -2.32. The Balaban J connectivity index is 1.45. The van der Waals surface area contributed by atoms with E-state index in [-0.39, 0.29) is 34.2 Å². The number of ether oxygens (including phenoxy) is 1. The van der Waals surface area contributed by atoms with Gasteiger partial charge in [0.2, 0.25) is 15.9 Å². The average Bonchev–Trinajstić information content (AvgIpc) is 2.87. The Morgan fingerprint density at radius 1 is 1.00 bits per heavy atom. The number of benzene rings is 2. The molecular weight excluding hydrogens is 513 g/mol. The van der Waals surface area contributed by atoms with Crippen LogP contribution in [0.25, 0.3) is 0 Å². The van der Waals surface area contributed by atoms with Gasteiger partial charge in [0.15, 0.2) is 0 Å². The fourth-order valence-electron chi connectivity index (χ4n) is 4.30. The first-order valence-electron chi connectivity index (χ1n) is 11.4. The summed E-state index contributed by atoms with van der Waals surface area (Å²) < 4.78 is 32.9. The van der Waals surface area contributed by atoms with Crippen molar-refractivity contribution in [1.29, 1.82) is 0 Å². The highest BCUT2D eigenvalue weighted by molar-refractivity contribution is 7.88. The molecule has 2 aliphatic rings. The van der Waals surface area contributed by atoms with E-state index in [9.17, 15) is 18.0 Å². The summed E-state index contributed by atoms with van der Waals surface area (Å²) in [5, 5.41) is 3.43. The summed E-state index contributed by atoms with van der Waals surface area (Å²) in [4.78, 5) is 27.8. The first-order valence-corrected chi connectivity index (χ1v) is 13.8. The third kappa shape index (κ3) is 6.16. The molecule has 0 saturated carbocycles. The van der Waals surface area contributed by atoms with E-state index in [4.69, 9.17) is 27.9 Å². The topological polar surface area (TPSA) is 96.0 Å². The van der Waals surface area contributed by atoms with Crippen LogP contribution in [0.2, 0.25) is 10.0 Å². The Labute approximate surface area is 215 Å². The highest BCUT2D eigenvalue weighted by atomic mass is 35.5. The van der Waals surface area contributed by atoms with Crippen molar-refractivity contribution in [3.05, 3.63) is 63.6 Å². The van der Waals surface area contributed by atoms with Gasteiger partial charge in [0.25, 0.3) is 5.91 Å². The van der Waals surface area contributed by atoms with E-state index < -0.39 is 15.9 Å². The summed E-state index contributed by atoms with van der Waals surface area (Å²) in [7, 11) is -3.74. The third-order valence-corrected chi connectivity index (χ3v) is 8.73. The highest BCUT2D eigenvalue weighted by Gasteiger charge is 2.33. The minimum atomic E-state index is -3.74. The molecule has 2 fully saturated rings. The normalized spacial score (nSPS) is 19.4. The molecule has 2 aliphatic heterocycles. The Morgan fingerprint density at radius 3 is 2.40 bits per heavy atom. The van der Waals surface area contributed by atoms with Crippen molar-refractivity contribution in [2.45, 2.75) is 18.6 Å². The number of para-hydroxylation sites is 1. The molecule has 2 amide bonds. The SMILES string of the molecule is O=C(Nc1ccccc1C(=O)N1CCOCC1)C1CCCN(S(=O)(=O)Cc2c(Cl)cccc2Cl)C1. The second kappa shape index (κ2) is 11.3. The van der Waals surface area contributed by atoms with E-state index >= 15 is 0 Å². The molecule has 1 atom stereocenters. The number of hydrogen-bond donors (Lipinski definition) is 1. The molecule has 11 heteroatoms. The zero-order valence-electron chi connectivity index (χ0n) is 19.1. The van der Waals surface area contributed by atoms with Gasteiger partial charge in [-0.1, -0.05) is 41.4 Å². The molecule has 2 aromatic rings. The molecule has 188 valence electrons. The molecule has 0 radical (unpaired) electrons. The van der Waals surface area contributed by atoms with Crippen molar-refractivity contribution in [3.8, 4) is 0 Å². The van der Waals surface area contributed by atoms with E-state index in [1.54, 1.807) is 47.4 Å². The molecule has 1 unspecified atom stereocenters. The molecule has 2 saturated heterocycles. The molecule has 4 rings (SSSR count). The maximum Gasteiger partial charge on any atom is 0.256 e. The van der Waals surface area contributed by atoms with Gasteiger partial charge in [-0.15, -0.1) is 0 Å². The van der Waals surface area contributed by atoms with Crippen LogP contribution in [0.5, 0.6) is 0 Å². The largest absolute Gasteiger partial charge is 0.378 e. The summed E-state index contributed by atoms with van der Waals surface area (Å²) in [6.45, 7) is 2.31. The molecule has 0 aliphatic carbocycles. The smallest absolute Gasteiger partial charge is 0.256 e. The van der Waals surface area contributed by atoms with Gasteiger partial charge in [0, 0.05) is 41.8 Å². The number of rotatable bonds is 6. The number of anilines is 1. The van der Waals surface area contributed by atoms with E-state index in [0.717, 1.165) is 0 Å². The lowest BCUT2D eigenvalue weighted by atomic mass is 9.98. The minimum Gasteiger partial charge on any atom is -0.378 e. The van der Waals surface area contributed by atoms with E-state index in [1.165, 1.54) is 4.31 Å². The number of morpholine rings is 1. The van der Waals surface area contributed by atoms with Gasteiger partial charge in [-0.25, -0.2) is 12.7 Å². The number of halogens is 2. The van der Waals surface area contributed by atoms with Crippen LogP contribution in [0.4, 0.5) is 5.69 Å². The van der Waals surface area contributed by atoms with Crippen LogP contribution < -0.4 is 5.32 Å². The van der Waals surface area contributed by atoms with Crippen LogP contribution in [-0.2, 0) is 25.3 Å². The predicted octanol–water partition coefficient (Wildman–Crippen LogP) is 3.65. The predicted molar refractivity (Wildman–Crippen MR) is 135 cm³/mol. The van der Waals surface area contributed by atoms with Gasteiger partial charge < -0.3 is 15.0 Å². The molecule has 0 spiro atoms. The van der Waals surface area contributed by atoms with Crippen molar-refractivity contribution in [3.63, 3.8) is 0 Å². The standard InChI is InChI=1S/C24H27Cl2N3O5S/c25-20-7-3-8-21(26)19(20)16-35(32,33)29-10-4-5-17(15-29)23(30)27-22-9-2-1-6-18(22)24(31)28-11-13-34-14-12-28/h1-3,6-9,17H,4-5,10-16H2,(H,27,30). The number of piperidine rings is 1. The lowest BCUT2D eigenvalue weighted by molar-refractivity contribution is -0.120. The first kappa shape index (κ1) is 25.9. The zero-order valence-corrected chi connectivity index (χ0v) is 21.4. The second-order valence-electron chi connectivity index (χ2n) is 8.59. The van der Waals surface area contributed by atoms with Crippen LogP contribution >= 0.6 is 23.2 Å². The molecule has 2 heterocycles. The van der Waals surface area contributed by atoms with Crippen LogP contribution in [0, 0.1) is 5.92 Å². The van der Waals surface area contributed by atoms with E-state index in [1.807, 2.05) is 0 Å². The molecular formula is C24H27Cl2N3O5S. The molecule has 0 bridgehead atoms. The van der Waals surface area contributed by atoms with Gasteiger partial charge in [-0.05, 0) is 37.1 Å². The highest BCUT2D eigenvalue weighted by Crippen LogP contribution is 2.29. The Morgan fingerprint density at radius 2 is 1.69 bits per heavy atom. The number of carbonyl (C=O) groups excluding carboxylic acids is 2. The van der Waals surface area contributed by atoms with Gasteiger partial charge in [-0.3, -0.25) is 9.59 Å². The minimum absolute atomic E-state index is 0.0514. The van der Waals surface area contributed by atoms with Gasteiger partial charge in [0.1, 0.15) is 0 Å². The van der Waals surface area contributed by atoms with Crippen LogP contribution in [-0.4, -0.2) is 68.8 Å². The summed E-state index contributed by atoms with van der Waals surface area (Å²) in [5.41, 5.74) is 1.16. The summed E-state index contributed by atoms with van der Waals surface area (Å²) in [6.07, 6.45) is 1.09. The first-order chi connectivity index (χ1) is 16.8. The number of hydrogen-bond acceptors (Lipinski definition) is 5. The fourth-order valence-corrected chi connectivity index (χ4v) is 6.67. The van der Waals surface area contributed by atoms with Crippen molar-refractivity contribution < 1.29 is 22.7 Å². The van der Waals surface area contributed by atoms with Gasteiger partial charge in [0.05, 0.1) is 36.1 Å². The van der Waals surface area contributed by atoms with Gasteiger partial charge >= 0.3 is 0 Å². The monoisotopic (exact) mass is 539 g/mol. The molecule has 35 heavy (non-hydrogen) atoms. The second-order valence-corrected chi connectivity index (χ2v) is 11.4. The number of nitrogens with one attached hydrogen (secondary N) is 1. The molecule has 0 aromatic heterocycles. The Bertz CT molecular complexity index is 1180.